The molecule has 2 aromatic heterocycles. The fourth-order valence-corrected chi connectivity index (χ4v) is 8.18. The van der Waals surface area contributed by atoms with Gasteiger partial charge in [-0.25, -0.2) is 0 Å². The monoisotopic (exact) mass is 610 g/mol. The zero-order valence-electron chi connectivity index (χ0n) is 25.8. The Labute approximate surface area is 276 Å². The molecule has 0 amide bonds. The minimum atomic E-state index is 0.895. The lowest BCUT2D eigenvalue weighted by Gasteiger charge is -2.15. The summed E-state index contributed by atoms with van der Waals surface area (Å²) < 4.78 is 12.7. The second kappa shape index (κ2) is 9.57. The van der Waals surface area contributed by atoms with Gasteiger partial charge in [-0.2, -0.15) is 0 Å². The number of benzene rings is 8. The van der Waals surface area contributed by atoms with Gasteiger partial charge in [-0.05, 0) is 109 Å². The van der Waals surface area contributed by atoms with Crippen molar-refractivity contribution in [3.8, 4) is 55.6 Å². The van der Waals surface area contributed by atoms with Crippen LogP contribution in [0.1, 0.15) is 0 Å². The summed E-state index contributed by atoms with van der Waals surface area (Å²) in [6.45, 7) is 0. The van der Waals surface area contributed by atoms with Crippen LogP contribution < -0.4 is 0 Å². The zero-order chi connectivity index (χ0) is 31.3. The van der Waals surface area contributed by atoms with Gasteiger partial charge in [-0.3, -0.25) is 0 Å². The SMILES string of the molecule is c1ccc2c(c1)-c1cccc3c(-c4cc(-c5cccc6oc7ccccc7c56)cc(-c5cccc6oc7ccccc7c56)c4)ccc-2c13. The Bertz CT molecular complexity index is 2790. The largest absolute Gasteiger partial charge is 0.456 e. The van der Waals surface area contributed by atoms with E-state index in [9.17, 15) is 0 Å². The van der Waals surface area contributed by atoms with Gasteiger partial charge in [-0.15, -0.1) is 0 Å². The Hall–Kier alpha value is -6.38. The van der Waals surface area contributed by atoms with Gasteiger partial charge < -0.3 is 8.83 Å². The van der Waals surface area contributed by atoms with Crippen molar-refractivity contribution in [3.63, 3.8) is 0 Å². The van der Waals surface area contributed by atoms with E-state index in [4.69, 9.17) is 8.83 Å². The summed E-state index contributed by atoms with van der Waals surface area (Å²) in [5.74, 6) is 0. The number of fused-ring (bicyclic) bond motifs is 9. The molecule has 8 aromatic carbocycles. The molecule has 0 radical (unpaired) electrons. The van der Waals surface area contributed by atoms with Gasteiger partial charge in [0.1, 0.15) is 22.3 Å². The molecular weight excluding hydrogens is 585 g/mol. The molecule has 222 valence electrons. The number of hydrogen-bond donors (Lipinski definition) is 0. The lowest BCUT2D eigenvalue weighted by molar-refractivity contribution is 0.668. The molecule has 0 saturated carbocycles. The molecule has 0 aliphatic heterocycles. The van der Waals surface area contributed by atoms with Crippen molar-refractivity contribution < 1.29 is 8.83 Å². The maximum absolute atomic E-state index is 6.35. The fourth-order valence-electron chi connectivity index (χ4n) is 8.18. The van der Waals surface area contributed by atoms with Crippen LogP contribution in [0.4, 0.5) is 0 Å². The maximum atomic E-state index is 6.35. The van der Waals surface area contributed by atoms with Crippen molar-refractivity contribution in [1.29, 1.82) is 0 Å². The zero-order valence-corrected chi connectivity index (χ0v) is 25.8. The van der Waals surface area contributed by atoms with Crippen LogP contribution >= 0.6 is 0 Å². The van der Waals surface area contributed by atoms with Crippen molar-refractivity contribution in [3.05, 3.63) is 158 Å². The number of hydrogen-bond acceptors (Lipinski definition) is 2. The van der Waals surface area contributed by atoms with Crippen LogP contribution in [0.2, 0.25) is 0 Å². The van der Waals surface area contributed by atoms with E-state index in [2.05, 4.69) is 146 Å². The summed E-state index contributed by atoms with van der Waals surface area (Å²) in [6, 6.07) is 56.7. The molecule has 48 heavy (non-hydrogen) atoms. The molecule has 1 aliphatic rings. The Kier molecular flexibility index (Phi) is 5.14. The van der Waals surface area contributed by atoms with E-state index in [0.717, 1.165) is 66.1 Å². The third-order valence-electron chi connectivity index (χ3n) is 10.2. The molecule has 2 heteroatoms. The molecule has 0 bridgehead atoms. The van der Waals surface area contributed by atoms with Crippen molar-refractivity contribution in [2.45, 2.75) is 0 Å². The predicted octanol–water partition coefficient (Wildman–Crippen LogP) is 13.3. The smallest absolute Gasteiger partial charge is 0.136 e. The molecule has 0 fully saturated rings. The van der Waals surface area contributed by atoms with Crippen LogP contribution in [0.5, 0.6) is 0 Å². The van der Waals surface area contributed by atoms with E-state index in [0.29, 0.717) is 0 Å². The van der Waals surface area contributed by atoms with E-state index in [1.807, 2.05) is 12.1 Å². The molecule has 2 heterocycles. The Balaban J connectivity index is 1.24. The van der Waals surface area contributed by atoms with Gasteiger partial charge in [0.15, 0.2) is 0 Å². The highest BCUT2D eigenvalue weighted by Gasteiger charge is 2.23. The van der Waals surface area contributed by atoms with Crippen molar-refractivity contribution in [2.75, 3.05) is 0 Å². The van der Waals surface area contributed by atoms with Crippen molar-refractivity contribution in [2.24, 2.45) is 0 Å². The van der Waals surface area contributed by atoms with E-state index in [1.165, 1.54) is 44.2 Å². The molecule has 10 aromatic rings. The van der Waals surface area contributed by atoms with E-state index in [1.54, 1.807) is 0 Å². The highest BCUT2D eigenvalue weighted by molar-refractivity contribution is 6.20. The average molecular weight is 611 g/mol. The van der Waals surface area contributed by atoms with E-state index >= 15 is 0 Å². The topological polar surface area (TPSA) is 26.3 Å². The van der Waals surface area contributed by atoms with Gasteiger partial charge in [0.2, 0.25) is 0 Å². The first-order chi connectivity index (χ1) is 23.8. The first kappa shape index (κ1) is 25.8. The van der Waals surface area contributed by atoms with Gasteiger partial charge in [0, 0.05) is 21.5 Å². The normalized spacial score (nSPS) is 12.2. The molecule has 2 nitrogen and oxygen atoms in total. The fraction of sp³-hybridized carbons (Fsp3) is 0. The summed E-state index contributed by atoms with van der Waals surface area (Å²) in [5.41, 5.74) is 15.8. The number of rotatable bonds is 3. The molecule has 0 N–H and O–H groups in total. The van der Waals surface area contributed by atoms with Gasteiger partial charge in [0.05, 0.1) is 0 Å². The molecule has 0 saturated heterocycles. The van der Waals surface area contributed by atoms with Crippen LogP contribution in [-0.4, -0.2) is 0 Å². The third kappa shape index (κ3) is 3.52. The molecule has 1 aliphatic carbocycles. The second-order valence-electron chi connectivity index (χ2n) is 12.8. The highest BCUT2D eigenvalue weighted by Crippen LogP contribution is 2.50. The Morgan fingerprint density at radius 3 is 1.25 bits per heavy atom. The summed E-state index contributed by atoms with van der Waals surface area (Å²) in [4.78, 5) is 0. The molecule has 11 rings (SSSR count). The predicted molar refractivity (Wildman–Crippen MR) is 199 cm³/mol. The van der Waals surface area contributed by atoms with Crippen LogP contribution in [0.15, 0.2) is 167 Å². The standard InChI is InChI=1S/C46H26O2/c1-2-11-34-33(10-1)36-17-7-16-35-30(22-23-37(34)44(35)36)27-24-28(31-14-8-20-42-45(31)38-12-3-5-18-40(38)47-42)26-29(25-27)32-15-9-21-43-46(32)39-13-4-6-19-41(39)48-43/h1-26H. The van der Waals surface area contributed by atoms with Gasteiger partial charge in [-0.1, -0.05) is 115 Å². The molecule has 0 unspecified atom stereocenters. The average Bonchev–Trinajstić information content (AvgIpc) is 3.82. The Morgan fingerprint density at radius 2 is 0.646 bits per heavy atom. The van der Waals surface area contributed by atoms with Crippen LogP contribution in [0.3, 0.4) is 0 Å². The second-order valence-corrected chi connectivity index (χ2v) is 12.8. The summed E-state index contributed by atoms with van der Waals surface area (Å²) >= 11 is 0. The van der Waals surface area contributed by atoms with E-state index < -0.39 is 0 Å². The van der Waals surface area contributed by atoms with Gasteiger partial charge in [0.25, 0.3) is 0 Å². The van der Waals surface area contributed by atoms with Crippen LogP contribution in [0, 0.1) is 0 Å². The highest BCUT2D eigenvalue weighted by atomic mass is 16.3. The number of furan rings is 2. The van der Waals surface area contributed by atoms with Gasteiger partial charge >= 0.3 is 0 Å². The minimum Gasteiger partial charge on any atom is -0.456 e. The molecular formula is C46H26O2. The van der Waals surface area contributed by atoms with Crippen LogP contribution in [-0.2, 0) is 0 Å². The molecule has 0 atom stereocenters. The summed E-state index contributed by atoms with van der Waals surface area (Å²) in [7, 11) is 0. The summed E-state index contributed by atoms with van der Waals surface area (Å²) in [5, 5.41) is 7.12. The first-order valence-corrected chi connectivity index (χ1v) is 16.4. The first-order valence-electron chi connectivity index (χ1n) is 16.4. The maximum Gasteiger partial charge on any atom is 0.136 e. The third-order valence-corrected chi connectivity index (χ3v) is 10.2. The Morgan fingerprint density at radius 1 is 0.250 bits per heavy atom. The van der Waals surface area contributed by atoms with Crippen molar-refractivity contribution >= 4 is 54.6 Å². The van der Waals surface area contributed by atoms with E-state index in [-0.39, 0.29) is 0 Å². The van der Waals surface area contributed by atoms with Crippen molar-refractivity contribution in [1.82, 2.24) is 0 Å². The minimum absolute atomic E-state index is 0.895. The quantitative estimate of drug-likeness (QED) is 0.199. The number of para-hydroxylation sites is 2. The molecule has 0 spiro atoms. The summed E-state index contributed by atoms with van der Waals surface area (Å²) in [6.07, 6.45) is 0. The van der Waals surface area contributed by atoms with Crippen LogP contribution in [0.25, 0.3) is 110 Å². The lowest BCUT2D eigenvalue weighted by atomic mass is 9.88. The lowest BCUT2D eigenvalue weighted by Crippen LogP contribution is -1.89.